The molecule has 7 nitrogen and oxygen atoms in total. The lowest BCUT2D eigenvalue weighted by Gasteiger charge is -2.30. The Morgan fingerprint density at radius 3 is 2.63 bits per heavy atom. The van der Waals surface area contributed by atoms with Crippen molar-refractivity contribution in [3.63, 3.8) is 0 Å². The molecule has 142 valence electrons. The SMILES string of the molecule is CC1CCCN(S(=O)(=O)c2ccc(-c3nc(C#N)c(NC4CC4)o3)cc2)C1. The fourth-order valence-electron chi connectivity index (χ4n) is 3.31. The summed E-state index contributed by atoms with van der Waals surface area (Å²) in [5.41, 5.74) is 0.859. The molecule has 27 heavy (non-hydrogen) atoms. The molecule has 2 aliphatic rings. The van der Waals surface area contributed by atoms with Crippen LogP contribution in [-0.2, 0) is 10.0 Å². The van der Waals surface area contributed by atoms with E-state index in [9.17, 15) is 13.7 Å². The highest BCUT2D eigenvalue weighted by Crippen LogP contribution is 2.31. The highest BCUT2D eigenvalue weighted by Gasteiger charge is 2.29. The molecule has 1 N–H and O–H groups in total. The number of piperidine rings is 1. The first kappa shape index (κ1) is 18.0. The van der Waals surface area contributed by atoms with Gasteiger partial charge < -0.3 is 9.73 Å². The molecule has 0 radical (unpaired) electrons. The topological polar surface area (TPSA) is 99.2 Å². The largest absolute Gasteiger partial charge is 0.419 e. The van der Waals surface area contributed by atoms with Crippen LogP contribution in [0, 0.1) is 17.2 Å². The number of hydrogen-bond acceptors (Lipinski definition) is 6. The molecule has 0 spiro atoms. The summed E-state index contributed by atoms with van der Waals surface area (Å²) >= 11 is 0. The van der Waals surface area contributed by atoms with E-state index in [0.717, 1.165) is 25.7 Å². The first-order chi connectivity index (χ1) is 13.0. The number of benzene rings is 1. The molecule has 0 bridgehead atoms. The van der Waals surface area contributed by atoms with Gasteiger partial charge in [-0.05, 0) is 55.9 Å². The molecule has 1 aromatic carbocycles. The number of nitrogens with one attached hydrogen (secondary N) is 1. The maximum Gasteiger partial charge on any atom is 0.243 e. The van der Waals surface area contributed by atoms with Crippen LogP contribution in [0.3, 0.4) is 0 Å². The van der Waals surface area contributed by atoms with Gasteiger partial charge >= 0.3 is 0 Å². The number of nitrogens with zero attached hydrogens (tertiary/aromatic N) is 3. The molecule has 1 unspecified atom stereocenters. The molecule has 1 saturated carbocycles. The smallest absolute Gasteiger partial charge is 0.243 e. The van der Waals surface area contributed by atoms with Crippen LogP contribution in [0.5, 0.6) is 0 Å². The van der Waals surface area contributed by atoms with E-state index in [-0.39, 0.29) is 10.6 Å². The fraction of sp³-hybridized carbons (Fsp3) is 0.474. The van der Waals surface area contributed by atoms with Crippen LogP contribution in [0.25, 0.3) is 11.5 Å². The minimum Gasteiger partial charge on any atom is -0.419 e. The number of nitriles is 1. The zero-order valence-electron chi connectivity index (χ0n) is 15.2. The first-order valence-corrected chi connectivity index (χ1v) is 10.7. The minimum atomic E-state index is -3.49. The summed E-state index contributed by atoms with van der Waals surface area (Å²) in [6.07, 6.45) is 4.07. The lowest BCUT2D eigenvalue weighted by atomic mass is 10.0. The number of sulfonamides is 1. The predicted molar refractivity (Wildman–Crippen MR) is 100 cm³/mol. The van der Waals surface area contributed by atoms with E-state index in [2.05, 4.69) is 17.2 Å². The van der Waals surface area contributed by atoms with Gasteiger partial charge in [0.25, 0.3) is 0 Å². The Morgan fingerprint density at radius 2 is 2.00 bits per heavy atom. The Balaban J connectivity index is 1.57. The molecule has 2 heterocycles. The van der Waals surface area contributed by atoms with Gasteiger partial charge in [-0.2, -0.15) is 14.6 Å². The van der Waals surface area contributed by atoms with Crippen LogP contribution in [0.2, 0.25) is 0 Å². The lowest BCUT2D eigenvalue weighted by Crippen LogP contribution is -2.39. The molecule has 1 aliphatic carbocycles. The molecule has 2 fully saturated rings. The second-order valence-corrected chi connectivity index (χ2v) is 9.30. The summed E-state index contributed by atoms with van der Waals surface area (Å²) < 4.78 is 33.0. The molecule has 1 aromatic heterocycles. The van der Waals surface area contributed by atoms with Gasteiger partial charge in [-0.15, -0.1) is 0 Å². The van der Waals surface area contributed by atoms with Crippen LogP contribution in [-0.4, -0.2) is 36.8 Å². The predicted octanol–water partition coefficient (Wildman–Crippen LogP) is 3.21. The van der Waals surface area contributed by atoms with E-state index in [1.807, 2.05) is 6.07 Å². The Labute approximate surface area is 159 Å². The van der Waals surface area contributed by atoms with Crippen molar-refractivity contribution in [2.45, 2.75) is 43.5 Å². The molecule has 4 rings (SSSR count). The summed E-state index contributed by atoms with van der Waals surface area (Å²) in [6.45, 7) is 3.20. The van der Waals surface area contributed by atoms with Crippen molar-refractivity contribution in [3.8, 4) is 17.5 Å². The molecule has 1 saturated heterocycles. The summed E-state index contributed by atoms with van der Waals surface area (Å²) in [6, 6.07) is 8.88. The van der Waals surface area contributed by atoms with Gasteiger partial charge in [-0.1, -0.05) is 6.92 Å². The summed E-state index contributed by atoms with van der Waals surface area (Å²) in [5.74, 6) is 1.07. The minimum absolute atomic E-state index is 0.218. The third-order valence-electron chi connectivity index (χ3n) is 5.00. The van der Waals surface area contributed by atoms with Gasteiger partial charge in [0.2, 0.25) is 27.5 Å². The molecule has 2 aromatic rings. The van der Waals surface area contributed by atoms with Crippen LogP contribution in [0.1, 0.15) is 38.3 Å². The summed E-state index contributed by atoms with van der Waals surface area (Å²) in [4.78, 5) is 4.49. The van der Waals surface area contributed by atoms with Gasteiger partial charge in [0.1, 0.15) is 6.07 Å². The third kappa shape index (κ3) is 3.70. The van der Waals surface area contributed by atoms with Gasteiger partial charge in [0.15, 0.2) is 0 Å². The Hall–Kier alpha value is -2.37. The number of aromatic nitrogens is 1. The fourth-order valence-corrected chi connectivity index (χ4v) is 4.91. The van der Waals surface area contributed by atoms with E-state index in [1.165, 1.54) is 0 Å². The average Bonchev–Trinajstić information content (AvgIpc) is 3.39. The van der Waals surface area contributed by atoms with Crippen LogP contribution >= 0.6 is 0 Å². The zero-order valence-corrected chi connectivity index (χ0v) is 16.0. The van der Waals surface area contributed by atoms with Crippen LogP contribution in [0.4, 0.5) is 5.88 Å². The maximum absolute atomic E-state index is 12.8. The average molecular weight is 386 g/mol. The number of rotatable bonds is 5. The maximum atomic E-state index is 12.8. The van der Waals surface area contributed by atoms with Crippen molar-refractivity contribution in [1.82, 2.24) is 9.29 Å². The quantitative estimate of drug-likeness (QED) is 0.847. The zero-order chi connectivity index (χ0) is 19.0. The molecular weight excluding hydrogens is 364 g/mol. The van der Waals surface area contributed by atoms with Crippen molar-refractivity contribution in [2.75, 3.05) is 18.4 Å². The van der Waals surface area contributed by atoms with Gasteiger partial charge in [-0.25, -0.2) is 8.42 Å². The van der Waals surface area contributed by atoms with Crippen LogP contribution in [0.15, 0.2) is 33.6 Å². The summed E-state index contributed by atoms with van der Waals surface area (Å²) in [7, 11) is -3.49. The van der Waals surface area contributed by atoms with E-state index in [1.54, 1.807) is 28.6 Å². The van der Waals surface area contributed by atoms with E-state index < -0.39 is 10.0 Å². The molecule has 0 amide bonds. The van der Waals surface area contributed by atoms with Crippen molar-refractivity contribution in [2.24, 2.45) is 5.92 Å². The van der Waals surface area contributed by atoms with Crippen LogP contribution < -0.4 is 5.32 Å². The Morgan fingerprint density at radius 1 is 1.26 bits per heavy atom. The number of anilines is 1. The van der Waals surface area contributed by atoms with E-state index in [0.29, 0.717) is 42.4 Å². The lowest BCUT2D eigenvalue weighted by molar-refractivity contribution is 0.281. The van der Waals surface area contributed by atoms with Crippen molar-refractivity contribution in [3.05, 3.63) is 30.0 Å². The standard InChI is InChI=1S/C19H22N4O3S/c1-13-3-2-10-23(12-13)27(24,25)16-8-4-14(5-9-16)18-22-17(11-20)19(26-18)21-15-6-7-15/h4-5,8-9,13,15,21H,2-3,6-7,10,12H2,1H3. The second kappa shape index (κ2) is 6.98. The third-order valence-corrected chi connectivity index (χ3v) is 6.88. The number of oxazole rings is 1. The Bertz CT molecular complexity index is 971. The first-order valence-electron chi connectivity index (χ1n) is 9.25. The Kier molecular flexibility index (Phi) is 4.66. The van der Waals surface area contributed by atoms with Gasteiger partial charge in [0, 0.05) is 24.7 Å². The highest BCUT2D eigenvalue weighted by atomic mass is 32.2. The van der Waals surface area contributed by atoms with Crippen molar-refractivity contribution in [1.29, 1.82) is 5.26 Å². The van der Waals surface area contributed by atoms with Crippen molar-refractivity contribution < 1.29 is 12.8 Å². The molecule has 1 atom stereocenters. The van der Waals surface area contributed by atoms with Crippen molar-refractivity contribution >= 4 is 15.9 Å². The monoisotopic (exact) mass is 386 g/mol. The molecule has 1 aliphatic heterocycles. The molecule has 8 heteroatoms. The van der Waals surface area contributed by atoms with E-state index >= 15 is 0 Å². The molecular formula is C19H22N4O3S. The number of hydrogen-bond donors (Lipinski definition) is 1. The van der Waals surface area contributed by atoms with Gasteiger partial charge in [-0.3, -0.25) is 0 Å². The normalized spacial score (nSPS) is 21.0. The van der Waals surface area contributed by atoms with Gasteiger partial charge in [0.05, 0.1) is 4.90 Å². The second-order valence-electron chi connectivity index (χ2n) is 7.36. The summed E-state index contributed by atoms with van der Waals surface area (Å²) in [5, 5.41) is 12.4. The van der Waals surface area contributed by atoms with E-state index in [4.69, 9.17) is 4.42 Å². The highest BCUT2D eigenvalue weighted by molar-refractivity contribution is 7.89.